The lowest BCUT2D eigenvalue weighted by atomic mass is 10.2. The van der Waals surface area contributed by atoms with Crippen LogP contribution in [0.4, 0.5) is 8.78 Å². The molecule has 2 N–H and O–H groups in total. The van der Waals surface area contributed by atoms with Gasteiger partial charge in [-0.1, -0.05) is 0 Å². The van der Waals surface area contributed by atoms with Crippen LogP contribution in [-0.4, -0.2) is 6.54 Å². The molecule has 0 aliphatic rings. The van der Waals surface area contributed by atoms with Crippen molar-refractivity contribution in [2.24, 2.45) is 5.73 Å². The van der Waals surface area contributed by atoms with E-state index in [1.54, 1.807) is 6.92 Å². The van der Waals surface area contributed by atoms with E-state index in [4.69, 9.17) is 10.2 Å². The zero-order valence-corrected chi connectivity index (χ0v) is 6.81. The smallest absolute Gasteiger partial charge is 0.305 e. The van der Waals surface area contributed by atoms with E-state index >= 15 is 0 Å². The highest BCUT2D eigenvalue weighted by Gasteiger charge is 2.33. The van der Waals surface area contributed by atoms with Crippen molar-refractivity contribution in [3.63, 3.8) is 0 Å². The lowest BCUT2D eigenvalue weighted by molar-refractivity contribution is -0.0322. The largest absolute Gasteiger partial charge is 0.460 e. The van der Waals surface area contributed by atoms with E-state index in [-0.39, 0.29) is 18.7 Å². The predicted octanol–water partition coefficient (Wildman–Crippen LogP) is 2.03. The molecule has 0 aliphatic heterocycles. The van der Waals surface area contributed by atoms with Gasteiger partial charge in [-0.05, 0) is 25.6 Å². The minimum absolute atomic E-state index is 0.0489. The van der Waals surface area contributed by atoms with Crippen molar-refractivity contribution in [3.8, 4) is 0 Å². The number of hydrogen-bond donors (Lipinski definition) is 1. The fraction of sp³-hybridized carbons (Fsp3) is 0.500. The van der Waals surface area contributed by atoms with Crippen molar-refractivity contribution < 1.29 is 13.2 Å². The topological polar surface area (TPSA) is 39.2 Å². The average Bonchev–Trinajstić information content (AvgIpc) is 2.36. The zero-order chi connectivity index (χ0) is 9.19. The van der Waals surface area contributed by atoms with Gasteiger partial charge in [0, 0.05) is 6.42 Å². The average molecular weight is 175 g/mol. The number of aryl methyl sites for hydroxylation is 1. The second-order valence-electron chi connectivity index (χ2n) is 2.65. The summed E-state index contributed by atoms with van der Waals surface area (Å²) in [6.07, 6.45) is -0.375. The molecular weight excluding hydrogens is 164 g/mol. The maximum Gasteiger partial charge on any atom is 0.305 e. The maximum absolute atomic E-state index is 13.0. The summed E-state index contributed by atoms with van der Waals surface area (Å²) in [7, 11) is 0. The van der Waals surface area contributed by atoms with Gasteiger partial charge in [-0.3, -0.25) is 0 Å². The SMILES string of the molecule is Cc1ccc(C(F)(F)CCN)o1. The summed E-state index contributed by atoms with van der Waals surface area (Å²) in [5.74, 6) is -2.74. The fourth-order valence-electron chi connectivity index (χ4n) is 0.936. The maximum atomic E-state index is 13.0. The highest BCUT2D eigenvalue weighted by Crippen LogP contribution is 2.31. The molecule has 68 valence electrons. The number of rotatable bonds is 3. The van der Waals surface area contributed by atoms with Gasteiger partial charge in [0.05, 0.1) is 0 Å². The van der Waals surface area contributed by atoms with Crippen molar-refractivity contribution in [1.82, 2.24) is 0 Å². The first-order valence-electron chi connectivity index (χ1n) is 3.71. The van der Waals surface area contributed by atoms with Crippen LogP contribution in [0.2, 0.25) is 0 Å². The van der Waals surface area contributed by atoms with Crippen molar-refractivity contribution in [2.45, 2.75) is 19.3 Å². The Balaban J connectivity index is 2.81. The molecular formula is C8H11F2NO. The Bertz CT molecular complexity index is 257. The Morgan fingerprint density at radius 3 is 2.58 bits per heavy atom. The molecule has 0 spiro atoms. The van der Waals surface area contributed by atoms with Crippen LogP contribution in [0.1, 0.15) is 17.9 Å². The monoisotopic (exact) mass is 175 g/mol. The molecule has 0 saturated heterocycles. The third-order valence-electron chi connectivity index (χ3n) is 1.56. The van der Waals surface area contributed by atoms with Gasteiger partial charge in [-0.25, -0.2) is 0 Å². The van der Waals surface area contributed by atoms with Gasteiger partial charge in [-0.15, -0.1) is 0 Å². The number of halogens is 2. The number of furan rings is 1. The number of hydrogen-bond acceptors (Lipinski definition) is 2. The van der Waals surface area contributed by atoms with Crippen LogP contribution in [0.3, 0.4) is 0 Å². The molecule has 4 heteroatoms. The summed E-state index contributed by atoms with van der Waals surface area (Å²) in [6, 6.07) is 2.80. The first kappa shape index (κ1) is 9.19. The van der Waals surface area contributed by atoms with Crippen molar-refractivity contribution >= 4 is 0 Å². The first-order valence-corrected chi connectivity index (χ1v) is 3.71. The normalized spacial score (nSPS) is 12.0. The van der Waals surface area contributed by atoms with Crippen molar-refractivity contribution in [2.75, 3.05) is 6.54 Å². The van der Waals surface area contributed by atoms with E-state index < -0.39 is 5.92 Å². The van der Waals surface area contributed by atoms with E-state index in [2.05, 4.69) is 0 Å². The molecule has 0 fully saturated rings. The Morgan fingerprint density at radius 1 is 1.50 bits per heavy atom. The van der Waals surface area contributed by atoms with Crippen LogP contribution in [0.25, 0.3) is 0 Å². The van der Waals surface area contributed by atoms with E-state index in [9.17, 15) is 8.78 Å². The number of alkyl halides is 2. The number of nitrogens with two attached hydrogens (primary N) is 1. The third kappa shape index (κ3) is 1.82. The van der Waals surface area contributed by atoms with E-state index in [0.29, 0.717) is 5.76 Å². The van der Waals surface area contributed by atoms with Crippen molar-refractivity contribution in [3.05, 3.63) is 23.7 Å². The molecule has 1 aromatic heterocycles. The summed E-state index contributed by atoms with van der Waals surface area (Å²) < 4.78 is 30.8. The molecule has 12 heavy (non-hydrogen) atoms. The molecule has 1 heterocycles. The van der Waals surface area contributed by atoms with Gasteiger partial charge in [0.25, 0.3) is 0 Å². The van der Waals surface area contributed by atoms with Gasteiger partial charge in [0.2, 0.25) is 0 Å². The van der Waals surface area contributed by atoms with Crippen LogP contribution in [0.5, 0.6) is 0 Å². The Hall–Kier alpha value is -0.900. The van der Waals surface area contributed by atoms with Crippen LogP contribution < -0.4 is 5.73 Å². The van der Waals surface area contributed by atoms with Crippen LogP contribution >= 0.6 is 0 Å². The van der Waals surface area contributed by atoms with E-state index in [1.165, 1.54) is 12.1 Å². The standard InChI is InChI=1S/C8H11F2NO/c1-6-2-3-7(12-6)8(9,10)4-5-11/h2-3H,4-5,11H2,1H3. The molecule has 0 saturated carbocycles. The molecule has 2 nitrogen and oxygen atoms in total. The molecule has 0 amide bonds. The molecule has 0 bridgehead atoms. The summed E-state index contributed by atoms with van der Waals surface area (Å²) in [4.78, 5) is 0. The summed E-state index contributed by atoms with van der Waals surface area (Å²) in [5, 5.41) is 0. The molecule has 0 radical (unpaired) electrons. The lowest BCUT2D eigenvalue weighted by Crippen LogP contribution is -2.17. The Labute approximate surface area is 69.4 Å². The van der Waals surface area contributed by atoms with Gasteiger partial charge >= 0.3 is 5.92 Å². The summed E-state index contributed by atoms with van der Waals surface area (Å²) >= 11 is 0. The molecule has 0 unspecified atom stereocenters. The minimum Gasteiger partial charge on any atom is -0.460 e. The minimum atomic E-state index is -2.93. The summed E-state index contributed by atoms with van der Waals surface area (Å²) in [6.45, 7) is 1.58. The Morgan fingerprint density at radius 2 is 2.17 bits per heavy atom. The second-order valence-corrected chi connectivity index (χ2v) is 2.65. The van der Waals surface area contributed by atoms with Crippen molar-refractivity contribution in [1.29, 1.82) is 0 Å². The second kappa shape index (κ2) is 3.23. The summed E-state index contributed by atoms with van der Waals surface area (Å²) in [5.41, 5.74) is 5.04. The van der Waals surface area contributed by atoms with Gasteiger partial charge < -0.3 is 10.2 Å². The Kier molecular flexibility index (Phi) is 2.47. The molecule has 1 rings (SSSR count). The molecule has 0 aliphatic carbocycles. The molecule has 0 atom stereocenters. The van der Waals surface area contributed by atoms with Crippen LogP contribution in [0.15, 0.2) is 16.5 Å². The quantitative estimate of drug-likeness (QED) is 0.763. The molecule has 0 aromatic carbocycles. The highest BCUT2D eigenvalue weighted by atomic mass is 19.3. The van der Waals surface area contributed by atoms with Gasteiger partial charge in [0.1, 0.15) is 5.76 Å². The van der Waals surface area contributed by atoms with Crippen LogP contribution in [-0.2, 0) is 5.92 Å². The van der Waals surface area contributed by atoms with E-state index in [0.717, 1.165) is 0 Å². The fourth-order valence-corrected chi connectivity index (χ4v) is 0.936. The molecule has 1 aromatic rings. The highest BCUT2D eigenvalue weighted by molar-refractivity contribution is 5.10. The first-order chi connectivity index (χ1) is 5.56. The van der Waals surface area contributed by atoms with E-state index in [1.807, 2.05) is 0 Å². The van der Waals surface area contributed by atoms with Gasteiger partial charge in [0.15, 0.2) is 5.76 Å². The lowest BCUT2D eigenvalue weighted by Gasteiger charge is -2.11. The van der Waals surface area contributed by atoms with Crippen LogP contribution in [0, 0.1) is 6.92 Å². The predicted molar refractivity (Wildman–Crippen MR) is 41.0 cm³/mol. The third-order valence-corrected chi connectivity index (χ3v) is 1.56. The zero-order valence-electron chi connectivity index (χ0n) is 6.81. The van der Waals surface area contributed by atoms with Gasteiger partial charge in [-0.2, -0.15) is 8.78 Å².